The van der Waals surface area contributed by atoms with E-state index in [1.165, 1.54) is 35.8 Å². The molecule has 0 atom stereocenters. The molecule has 0 bridgehead atoms. The van der Waals surface area contributed by atoms with Gasteiger partial charge in [0, 0.05) is 17.4 Å². The molecule has 0 aliphatic carbocycles. The molecular weight excluding hydrogens is 280 g/mol. The molecule has 0 amide bonds. The molecule has 0 aliphatic heterocycles. The van der Waals surface area contributed by atoms with E-state index in [0.717, 1.165) is 24.2 Å². The van der Waals surface area contributed by atoms with Crippen LogP contribution in [-0.4, -0.2) is 0 Å². The van der Waals surface area contributed by atoms with Gasteiger partial charge in [-0.15, -0.1) is 0 Å². The lowest BCUT2D eigenvalue weighted by Gasteiger charge is -2.00. The molecular formula is C22H24O. The average molecular weight is 304 g/mol. The highest BCUT2D eigenvalue weighted by atomic mass is 16.3. The largest absolute Gasteiger partial charge is 0.461 e. The van der Waals surface area contributed by atoms with Gasteiger partial charge in [-0.25, -0.2) is 0 Å². The molecule has 118 valence electrons. The van der Waals surface area contributed by atoms with Gasteiger partial charge in [0.05, 0.1) is 0 Å². The highest BCUT2D eigenvalue weighted by Crippen LogP contribution is 2.28. The minimum Gasteiger partial charge on any atom is -0.461 e. The highest BCUT2D eigenvalue weighted by Gasteiger charge is 2.12. The van der Waals surface area contributed by atoms with Gasteiger partial charge in [-0.1, -0.05) is 80.4 Å². The Hall–Kier alpha value is -2.28. The van der Waals surface area contributed by atoms with Crippen LogP contribution in [0, 0.1) is 0 Å². The zero-order chi connectivity index (χ0) is 15.9. The van der Waals surface area contributed by atoms with E-state index in [1.54, 1.807) is 0 Å². The predicted molar refractivity (Wildman–Crippen MR) is 98.6 cm³/mol. The summed E-state index contributed by atoms with van der Waals surface area (Å²) in [4.78, 5) is 0. The number of benzene rings is 2. The van der Waals surface area contributed by atoms with Crippen molar-refractivity contribution in [2.45, 2.75) is 39.0 Å². The van der Waals surface area contributed by atoms with E-state index in [4.69, 9.17) is 4.42 Å². The van der Waals surface area contributed by atoms with Gasteiger partial charge in [0.15, 0.2) is 0 Å². The average Bonchev–Trinajstić information content (AvgIpc) is 2.94. The lowest BCUT2D eigenvalue weighted by atomic mass is 10.0. The van der Waals surface area contributed by atoms with Crippen molar-refractivity contribution in [3.05, 3.63) is 77.6 Å². The Balaban J connectivity index is 1.82. The van der Waals surface area contributed by atoms with Crippen LogP contribution in [-0.2, 0) is 12.8 Å². The summed E-state index contributed by atoms with van der Waals surface area (Å²) in [5.74, 6) is 1.16. The van der Waals surface area contributed by atoms with Crippen LogP contribution >= 0.6 is 0 Å². The first-order valence-electron chi connectivity index (χ1n) is 8.59. The molecule has 3 rings (SSSR count). The first kappa shape index (κ1) is 15.6. The molecule has 0 aliphatic rings. The van der Waals surface area contributed by atoms with Gasteiger partial charge in [0.2, 0.25) is 0 Å². The first-order chi connectivity index (χ1) is 11.4. The molecule has 0 N–H and O–H groups in total. The number of rotatable bonds is 7. The molecule has 1 heteroatoms. The molecule has 0 saturated carbocycles. The van der Waals surface area contributed by atoms with Crippen molar-refractivity contribution in [2.75, 3.05) is 0 Å². The van der Waals surface area contributed by atoms with Crippen molar-refractivity contribution in [1.29, 1.82) is 0 Å². The van der Waals surface area contributed by atoms with Crippen LogP contribution in [0.3, 0.4) is 0 Å². The van der Waals surface area contributed by atoms with Crippen molar-refractivity contribution < 1.29 is 4.42 Å². The smallest absolute Gasteiger partial charge is 0.134 e. The first-order valence-corrected chi connectivity index (χ1v) is 8.59. The molecule has 0 saturated heterocycles. The molecule has 0 spiro atoms. The van der Waals surface area contributed by atoms with E-state index in [-0.39, 0.29) is 0 Å². The Morgan fingerprint density at radius 2 is 1.70 bits per heavy atom. The zero-order valence-corrected chi connectivity index (χ0v) is 13.8. The summed E-state index contributed by atoms with van der Waals surface area (Å²) in [6.45, 7) is 2.24. The molecule has 0 fully saturated rings. The summed E-state index contributed by atoms with van der Waals surface area (Å²) in [5.41, 5.74) is 3.61. The molecule has 1 aromatic heterocycles. The van der Waals surface area contributed by atoms with Crippen molar-refractivity contribution in [3.63, 3.8) is 0 Å². The second-order valence-electron chi connectivity index (χ2n) is 5.97. The van der Waals surface area contributed by atoms with Crippen LogP contribution < -0.4 is 0 Å². The highest BCUT2D eigenvalue weighted by molar-refractivity contribution is 5.82. The quantitative estimate of drug-likeness (QED) is 0.459. The normalized spacial score (nSPS) is 11.5. The van der Waals surface area contributed by atoms with Gasteiger partial charge >= 0.3 is 0 Å². The predicted octanol–water partition coefficient (Wildman–Crippen LogP) is 6.42. The Labute approximate surface area is 138 Å². The van der Waals surface area contributed by atoms with Gasteiger partial charge in [0.25, 0.3) is 0 Å². The standard InChI is InChI=1S/C22H24O/c1-2-3-5-16-21-20(19-14-8-9-17-22(19)23-21)15-10-13-18-11-6-4-7-12-18/h4,6-14,17H,2-3,5,15-16H2,1H3/b13-10+. The molecule has 23 heavy (non-hydrogen) atoms. The maximum Gasteiger partial charge on any atom is 0.134 e. The fourth-order valence-corrected chi connectivity index (χ4v) is 2.99. The molecule has 3 aromatic rings. The number of aryl methyl sites for hydroxylation is 1. The molecule has 1 heterocycles. The van der Waals surface area contributed by atoms with Gasteiger partial charge < -0.3 is 4.42 Å². The Morgan fingerprint density at radius 1 is 0.913 bits per heavy atom. The number of fused-ring (bicyclic) bond motifs is 1. The number of hydrogen-bond donors (Lipinski definition) is 0. The summed E-state index contributed by atoms with van der Waals surface area (Å²) in [5, 5.41) is 1.26. The summed E-state index contributed by atoms with van der Waals surface area (Å²) in [6, 6.07) is 18.8. The van der Waals surface area contributed by atoms with Gasteiger partial charge in [-0.2, -0.15) is 0 Å². The third-order valence-electron chi connectivity index (χ3n) is 4.22. The van der Waals surface area contributed by atoms with Gasteiger partial charge in [-0.3, -0.25) is 0 Å². The Bertz CT molecular complexity index is 765. The molecule has 1 nitrogen and oxygen atoms in total. The second-order valence-corrected chi connectivity index (χ2v) is 5.97. The Morgan fingerprint density at radius 3 is 2.52 bits per heavy atom. The summed E-state index contributed by atoms with van der Waals surface area (Å²) in [6.07, 6.45) is 10.1. The van der Waals surface area contributed by atoms with E-state index in [1.807, 2.05) is 12.1 Å². The molecule has 0 radical (unpaired) electrons. The van der Waals surface area contributed by atoms with Crippen LogP contribution in [0.1, 0.15) is 43.1 Å². The molecule has 2 aromatic carbocycles. The fourth-order valence-electron chi connectivity index (χ4n) is 2.99. The van der Waals surface area contributed by atoms with Crippen LogP contribution in [0.25, 0.3) is 17.0 Å². The minimum atomic E-state index is 0.924. The van der Waals surface area contributed by atoms with E-state index in [9.17, 15) is 0 Å². The number of hydrogen-bond acceptors (Lipinski definition) is 1. The number of unbranched alkanes of at least 4 members (excludes halogenated alkanes) is 2. The minimum absolute atomic E-state index is 0.924. The monoisotopic (exact) mass is 304 g/mol. The van der Waals surface area contributed by atoms with Gasteiger partial charge in [-0.05, 0) is 24.5 Å². The van der Waals surface area contributed by atoms with E-state index >= 15 is 0 Å². The fraction of sp³-hybridized carbons (Fsp3) is 0.273. The van der Waals surface area contributed by atoms with Crippen molar-refractivity contribution in [1.82, 2.24) is 0 Å². The van der Waals surface area contributed by atoms with Crippen molar-refractivity contribution in [3.8, 4) is 0 Å². The summed E-state index contributed by atoms with van der Waals surface area (Å²) < 4.78 is 6.11. The molecule has 0 unspecified atom stereocenters. The Kier molecular flexibility index (Phi) is 5.31. The third kappa shape index (κ3) is 3.92. The maximum atomic E-state index is 6.11. The lowest BCUT2D eigenvalue weighted by Crippen LogP contribution is -1.89. The SMILES string of the molecule is CCCCCc1oc2ccccc2c1C/C=C/c1ccccc1. The van der Waals surface area contributed by atoms with E-state index in [2.05, 4.69) is 61.5 Å². The maximum absolute atomic E-state index is 6.11. The topological polar surface area (TPSA) is 13.1 Å². The van der Waals surface area contributed by atoms with Crippen molar-refractivity contribution >= 4 is 17.0 Å². The third-order valence-corrected chi connectivity index (χ3v) is 4.22. The number of furan rings is 1. The van der Waals surface area contributed by atoms with E-state index < -0.39 is 0 Å². The number of para-hydroxylation sites is 1. The number of allylic oxidation sites excluding steroid dienone is 1. The summed E-state index contributed by atoms with van der Waals surface area (Å²) in [7, 11) is 0. The van der Waals surface area contributed by atoms with Gasteiger partial charge in [0.1, 0.15) is 11.3 Å². The van der Waals surface area contributed by atoms with Crippen LogP contribution in [0.5, 0.6) is 0 Å². The van der Waals surface area contributed by atoms with Crippen molar-refractivity contribution in [2.24, 2.45) is 0 Å². The summed E-state index contributed by atoms with van der Waals surface area (Å²) >= 11 is 0. The zero-order valence-electron chi connectivity index (χ0n) is 13.8. The van der Waals surface area contributed by atoms with Crippen LogP contribution in [0.4, 0.5) is 0 Å². The second kappa shape index (κ2) is 7.82. The van der Waals surface area contributed by atoms with Crippen LogP contribution in [0.15, 0.2) is 65.1 Å². The van der Waals surface area contributed by atoms with Crippen LogP contribution in [0.2, 0.25) is 0 Å². The van der Waals surface area contributed by atoms with E-state index in [0.29, 0.717) is 0 Å². The lowest BCUT2D eigenvalue weighted by molar-refractivity contribution is 0.526.